The van der Waals surface area contributed by atoms with Gasteiger partial charge in [-0.2, -0.15) is 5.10 Å². The smallest absolute Gasteiger partial charge is 0.278 e. The molecule has 2 N–H and O–H groups in total. The second-order valence-corrected chi connectivity index (χ2v) is 5.51. The van der Waals surface area contributed by atoms with E-state index in [9.17, 15) is 9.59 Å². The molecule has 0 spiro atoms. The predicted octanol–water partition coefficient (Wildman–Crippen LogP) is 0.506. The number of carbonyl (C=O) groups excluding carboxylic acids is 2. The number of hydrogen-bond donors (Lipinski definition) is 1. The van der Waals surface area contributed by atoms with Gasteiger partial charge < -0.3 is 5.73 Å². The highest BCUT2D eigenvalue weighted by Crippen LogP contribution is 2.24. The van der Waals surface area contributed by atoms with E-state index in [4.69, 9.17) is 5.73 Å². The first-order chi connectivity index (χ1) is 9.92. The summed E-state index contributed by atoms with van der Waals surface area (Å²) in [4.78, 5) is 29.0. The van der Waals surface area contributed by atoms with Gasteiger partial charge in [-0.1, -0.05) is 11.8 Å². The number of carbonyl (C=O) groups is 2. The van der Waals surface area contributed by atoms with Crippen LogP contribution in [0, 0.1) is 6.92 Å². The first-order valence-electron chi connectivity index (χ1n) is 6.46. The highest BCUT2D eigenvalue weighted by Gasteiger charge is 2.29. The third kappa shape index (κ3) is 3.33. The minimum absolute atomic E-state index is 0.0990. The number of nitrogens with two attached hydrogens (primary N) is 1. The highest BCUT2D eigenvalue weighted by molar-refractivity contribution is 8.14. The van der Waals surface area contributed by atoms with Gasteiger partial charge in [0.05, 0.1) is 11.4 Å². The van der Waals surface area contributed by atoms with Gasteiger partial charge >= 0.3 is 0 Å². The lowest BCUT2D eigenvalue weighted by Gasteiger charge is -2.13. The number of aliphatic imine (C=N–C) groups is 1. The van der Waals surface area contributed by atoms with Crippen LogP contribution in [0.25, 0.3) is 6.08 Å². The quantitative estimate of drug-likeness (QED) is 0.820. The highest BCUT2D eigenvalue weighted by atomic mass is 32.2. The summed E-state index contributed by atoms with van der Waals surface area (Å²) in [5.41, 5.74) is 7.15. The third-order valence-corrected chi connectivity index (χ3v) is 3.91. The van der Waals surface area contributed by atoms with Crippen LogP contribution in [-0.4, -0.2) is 44.0 Å². The fourth-order valence-electron chi connectivity index (χ4n) is 1.96. The van der Waals surface area contributed by atoms with Gasteiger partial charge in [-0.3, -0.25) is 19.2 Å². The summed E-state index contributed by atoms with van der Waals surface area (Å²) >= 11 is 1.17. The summed E-state index contributed by atoms with van der Waals surface area (Å²) in [7, 11) is 1.82. The van der Waals surface area contributed by atoms with Crippen molar-refractivity contribution in [3.05, 3.63) is 23.2 Å². The molecule has 0 aromatic carbocycles. The molecule has 0 radical (unpaired) electrons. The monoisotopic (exact) mass is 307 g/mol. The summed E-state index contributed by atoms with van der Waals surface area (Å²) < 4.78 is 1.69. The summed E-state index contributed by atoms with van der Waals surface area (Å²) in [5.74, 6) is -0.513. The Labute approximate surface area is 126 Å². The Morgan fingerprint density at radius 3 is 2.76 bits per heavy atom. The number of thioether (sulfide) groups is 1. The van der Waals surface area contributed by atoms with Gasteiger partial charge in [0.25, 0.3) is 5.91 Å². The Hall–Kier alpha value is -2.09. The maximum atomic E-state index is 12.3. The van der Waals surface area contributed by atoms with E-state index in [1.54, 1.807) is 10.8 Å². The van der Waals surface area contributed by atoms with Crippen LogP contribution in [0.15, 0.2) is 16.9 Å². The Morgan fingerprint density at radius 1 is 1.52 bits per heavy atom. The largest absolute Gasteiger partial charge is 0.369 e. The number of aryl methyl sites for hydroxylation is 2. The molecule has 0 unspecified atom stereocenters. The zero-order chi connectivity index (χ0) is 15.6. The molecular formula is C13H17N5O2S. The van der Waals surface area contributed by atoms with Crippen molar-refractivity contribution in [1.29, 1.82) is 0 Å². The van der Waals surface area contributed by atoms with E-state index in [0.717, 1.165) is 11.3 Å². The molecule has 2 amide bonds. The van der Waals surface area contributed by atoms with Gasteiger partial charge in [0.1, 0.15) is 5.70 Å². The molecule has 1 aliphatic heterocycles. The van der Waals surface area contributed by atoms with Gasteiger partial charge in [0.2, 0.25) is 5.91 Å². The van der Waals surface area contributed by atoms with E-state index < -0.39 is 5.91 Å². The van der Waals surface area contributed by atoms with Crippen LogP contribution in [0.4, 0.5) is 0 Å². The predicted molar refractivity (Wildman–Crippen MR) is 82.4 cm³/mol. The molecule has 0 atom stereocenters. The van der Waals surface area contributed by atoms with Gasteiger partial charge in [0.15, 0.2) is 5.17 Å². The Balaban J connectivity index is 2.29. The lowest BCUT2D eigenvalue weighted by Crippen LogP contribution is -2.31. The maximum absolute atomic E-state index is 12.3. The number of likely N-dealkylation sites (N-methyl/N-ethyl adjacent to an activating group) is 1. The second-order valence-electron chi connectivity index (χ2n) is 4.57. The van der Waals surface area contributed by atoms with Crippen molar-refractivity contribution in [2.24, 2.45) is 17.8 Å². The average Bonchev–Trinajstić information content (AvgIpc) is 2.88. The molecule has 0 bridgehead atoms. The van der Waals surface area contributed by atoms with Crippen LogP contribution < -0.4 is 5.73 Å². The van der Waals surface area contributed by atoms with Crippen molar-refractivity contribution >= 4 is 34.8 Å². The van der Waals surface area contributed by atoms with Crippen LogP contribution in [0.3, 0.4) is 0 Å². The van der Waals surface area contributed by atoms with Crippen LogP contribution in [-0.2, 0) is 16.6 Å². The Bertz CT molecular complexity index is 647. The van der Waals surface area contributed by atoms with E-state index in [0.29, 0.717) is 17.4 Å². The number of hydrogen-bond acceptors (Lipinski definition) is 5. The van der Waals surface area contributed by atoms with Gasteiger partial charge in [0, 0.05) is 25.4 Å². The van der Waals surface area contributed by atoms with Crippen molar-refractivity contribution in [2.45, 2.75) is 13.8 Å². The SMILES string of the molecule is CCN1C(=O)C(=Cc2cn(C)nc2C)N=C1SCC(N)=O. The average molecular weight is 307 g/mol. The number of primary amides is 1. The molecular weight excluding hydrogens is 290 g/mol. The number of aromatic nitrogens is 2. The molecule has 8 heteroatoms. The van der Waals surface area contributed by atoms with E-state index in [2.05, 4.69) is 10.1 Å². The molecule has 2 rings (SSSR count). The van der Waals surface area contributed by atoms with Crippen molar-refractivity contribution in [3.8, 4) is 0 Å². The minimum Gasteiger partial charge on any atom is -0.369 e. The fourth-order valence-corrected chi connectivity index (χ4v) is 2.76. The lowest BCUT2D eigenvalue weighted by atomic mass is 10.2. The second kappa shape index (κ2) is 6.13. The summed E-state index contributed by atoms with van der Waals surface area (Å²) in [6, 6.07) is 0. The van der Waals surface area contributed by atoms with E-state index in [1.807, 2.05) is 27.1 Å². The Kier molecular flexibility index (Phi) is 4.46. The van der Waals surface area contributed by atoms with Crippen molar-refractivity contribution in [2.75, 3.05) is 12.3 Å². The van der Waals surface area contributed by atoms with Crippen molar-refractivity contribution in [3.63, 3.8) is 0 Å². The van der Waals surface area contributed by atoms with E-state index >= 15 is 0 Å². The fraction of sp³-hybridized carbons (Fsp3) is 0.385. The van der Waals surface area contributed by atoms with Crippen molar-refractivity contribution < 1.29 is 9.59 Å². The van der Waals surface area contributed by atoms with Crippen LogP contribution in [0.2, 0.25) is 0 Å². The molecule has 1 aromatic rings. The molecule has 0 saturated carbocycles. The minimum atomic E-state index is -0.438. The van der Waals surface area contributed by atoms with Gasteiger partial charge in [-0.05, 0) is 19.9 Å². The molecule has 1 aliphatic rings. The molecule has 1 aromatic heterocycles. The van der Waals surface area contributed by atoms with Crippen LogP contribution in [0.5, 0.6) is 0 Å². The molecule has 112 valence electrons. The standard InChI is InChI=1S/C13H17N5O2S/c1-4-18-12(20)10(15-13(18)21-7-11(14)19)5-9-6-17(3)16-8(9)2/h5-6H,4,7H2,1-3H3,(H2,14,19). The molecule has 2 heterocycles. The normalized spacial score (nSPS) is 16.7. The molecule has 0 saturated heterocycles. The number of amidine groups is 1. The molecule has 7 nitrogen and oxygen atoms in total. The number of rotatable bonds is 4. The van der Waals surface area contributed by atoms with Crippen LogP contribution in [0.1, 0.15) is 18.2 Å². The third-order valence-electron chi connectivity index (χ3n) is 2.91. The zero-order valence-electron chi connectivity index (χ0n) is 12.2. The summed E-state index contributed by atoms with van der Waals surface area (Å²) in [6.45, 7) is 4.22. The number of nitrogens with zero attached hydrogens (tertiary/aromatic N) is 4. The topological polar surface area (TPSA) is 93.6 Å². The van der Waals surface area contributed by atoms with Gasteiger partial charge in [-0.15, -0.1) is 0 Å². The molecule has 0 fully saturated rings. The number of amides is 2. The van der Waals surface area contributed by atoms with E-state index in [-0.39, 0.29) is 11.7 Å². The van der Waals surface area contributed by atoms with Crippen molar-refractivity contribution in [1.82, 2.24) is 14.7 Å². The van der Waals surface area contributed by atoms with E-state index in [1.165, 1.54) is 16.7 Å². The summed E-state index contributed by atoms with van der Waals surface area (Å²) in [5, 5.41) is 4.74. The maximum Gasteiger partial charge on any atom is 0.278 e. The first-order valence-corrected chi connectivity index (χ1v) is 7.44. The van der Waals surface area contributed by atoms with Crippen LogP contribution >= 0.6 is 11.8 Å². The zero-order valence-corrected chi connectivity index (χ0v) is 13.0. The summed E-state index contributed by atoms with van der Waals surface area (Å²) in [6.07, 6.45) is 3.54. The van der Waals surface area contributed by atoms with Gasteiger partial charge in [-0.25, -0.2) is 4.99 Å². The Morgan fingerprint density at radius 2 is 2.24 bits per heavy atom. The molecule has 0 aliphatic carbocycles. The first kappa shape index (κ1) is 15.3. The lowest BCUT2D eigenvalue weighted by molar-refractivity contribution is -0.122. The molecule has 21 heavy (non-hydrogen) atoms.